The number of hydrogen-bond donors (Lipinski definition) is 1. The zero-order valence-electron chi connectivity index (χ0n) is 8.79. The van der Waals surface area contributed by atoms with Gasteiger partial charge in [-0.3, -0.25) is 4.90 Å². The van der Waals surface area contributed by atoms with Crippen molar-refractivity contribution in [1.29, 1.82) is 0 Å². The average Bonchev–Trinajstić information content (AvgIpc) is 2.19. The Morgan fingerprint density at radius 3 is 2.33 bits per heavy atom. The number of nitrogens with zero attached hydrogens (tertiary/aromatic N) is 1. The average molecular weight is 233 g/mol. The number of thiol groups is 1. The summed E-state index contributed by atoms with van der Waals surface area (Å²) in [5, 5.41) is -0.481. The summed E-state index contributed by atoms with van der Waals surface area (Å²) in [6.07, 6.45) is 0. The maximum atomic E-state index is 13.5. The monoisotopic (exact) mass is 233 g/mol. The second-order valence-electron chi connectivity index (χ2n) is 3.35. The third-order valence-corrected chi connectivity index (χ3v) is 2.78. The summed E-state index contributed by atoms with van der Waals surface area (Å²) >= 11 is 4.17. The topological polar surface area (TPSA) is 12.5 Å². The SMILES string of the molecule is COc1cc(F)c(C(S)N(C)C)cc1F. The molecule has 0 aliphatic carbocycles. The lowest BCUT2D eigenvalue weighted by molar-refractivity contribution is 0.367. The van der Waals surface area contributed by atoms with Crippen molar-refractivity contribution in [2.24, 2.45) is 0 Å². The van der Waals surface area contributed by atoms with Crippen molar-refractivity contribution in [3.63, 3.8) is 0 Å². The molecule has 1 atom stereocenters. The summed E-state index contributed by atoms with van der Waals surface area (Å²) < 4.78 is 31.5. The largest absolute Gasteiger partial charge is 0.494 e. The van der Waals surface area contributed by atoms with E-state index in [4.69, 9.17) is 0 Å². The van der Waals surface area contributed by atoms with E-state index in [1.807, 2.05) is 0 Å². The van der Waals surface area contributed by atoms with Gasteiger partial charge in [-0.25, -0.2) is 8.78 Å². The number of rotatable bonds is 3. The molecule has 0 aliphatic heterocycles. The van der Waals surface area contributed by atoms with Gasteiger partial charge in [0, 0.05) is 11.6 Å². The summed E-state index contributed by atoms with van der Waals surface area (Å²) in [5.41, 5.74) is 0.196. The summed E-state index contributed by atoms with van der Waals surface area (Å²) in [4.78, 5) is 1.67. The fourth-order valence-corrected chi connectivity index (χ4v) is 1.37. The molecule has 0 amide bonds. The van der Waals surface area contributed by atoms with E-state index in [1.54, 1.807) is 19.0 Å². The molecule has 0 saturated carbocycles. The van der Waals surface area contributed by atoms with Crippen LogP contribution in [0.1, 0.15) is 10.9 Å². The second-order valence-corrected chi connectivity index (χ2v) is 3.83. The van der Waals surface area contributed by atoms with Crippen LogP contribution in [0, 0.1) is 11.6 Å². The minimum Gasteiger partial charge on any atom is -0.494 e. The van der Waals surface area contributed by atoms with Crippen LogP contribution in [0.3, 0.4) is 0 Å². The standard InChI is InChI=1S/C10H13F2NOS/c1-13(2)10(15)6-4-8(12)9(14-3)5-7(6)11/h4-5,10,15H,1-3H3. The van der Waals surface area contributed by atoms with E-state index in [0.717, 1.165) is 12.1 Å². The van der Waals surface area contributed by atoms with Crippen molar-refractivity contribution in [3.05, 3.63) is 29.3 Å². The first-order chi connectivity index (χ1) is 6.97. The van der Waals surface area contributed by atoms with Crippen molar-refractivity contribution < 1.29 is 13.5 Å². The molecule has 0 heterocycles. The van der Waals surface area contributed by atoms with Gasteiger partial charge in [0.1, 0.15) is 5.82 Å². The van der Waals surface area contributed by atoms with Gasteiger partial charge in [0.25, 0.3) is 0 Å². The van der Waals surface area contributed by atoms with Gasteiger partial charge in [-0.1, -0.05) is 0 Å². The molecule has 0 radical (unpaired) electrons. The molecule has 1 rings (SSSR count). The van der Waals surface area contributed by atoms with Crippen molar-refractivity contribution in [3.8, 4) is 5.75 Å². The fraction of sp³-hybridized carbons (Fsp3) is 0.400. The zero-order chi connectivity index (χ0) is 11.6. The van der Waals surface area contributed by atoms with Crippen LogP contribution in [0.4, 0.5) is 8.78 Å². The number of hydrogen-bond acceptors (Lipinski definition) is 3. The predicted octanol–water partition coefficient (Wildman–Crippen LogP) is 2.46. The van der Waals surface area contributed by atoms with E-state index in [1.165, 1.54) is 7.11 Å². The van der Waals surface area contributed by atoms with E-state index in [2.05, 4.69) is 17.4 Å². The molecular formula is C10H13F2NOS. The first kappa shape index (κ1) is 12.3. The van der Waals surface area contributed by atoms with Gasteiger partial charge in [0.2, 0.25) is 0 Å². The molecule has 2 nitrogen and oxygen atoms in total. The molecule has 0 aromatic heterocycles. The molecule has 0 aliphatic rings. The number of benzene rings is 1. The Hall–Kier alpha value is -0.810. The van der Waals surface area contributed by atoms with Gasteiger partial charge >= 0.3 is 0 Å². The summed E-state index contributed by atoms with van der Waals surface area (Å²) in [6.45, 7) is 0. The molecule has 0 saturated heterocycles. The maximum absolute atomic E-state index is 13.5. The predicted molar refractivity (Wildman–Crippen MR) is 58.3 cm³/mol. The first-order valence-corrected chi connectivity index (χ1v) is 4.86. The van der Waals surface area contributed by atoms with Gasteiger partial charge in [-0.2, -0.15) is 12.6 Å². The number of halogens is 2. The van der Waals surface area contributed by atoms with E-state index in [0.29, 0.717) is 0 Å². The van der Waals surface area contributed by atoms with Gasteiger partial charge in [-0.05, 0) is 20.2 Å². The Bertz CT molecular complexity index is 358. The van der Waals surface area contributed by atoms with Gasteiger partial charge < -0.3 is 4.74 Å². The third-order valence-electron chi connectivity index (χ3n) is 2.04. The van der Waals surface area contributed by atoms with Crippen LogP contribution < -0.4 is 4.74 Å². The normalized spacial score (nSPS) is 13.0. The van der Waals surface area contributed by atoms with Crippen molar-refractivity contribution >= 4 is 12.6 Å². The number of methoxy groups -OCH3 is 1. The van der Waals surface area contributed by atoms with E-state index < -0.39 is 17.0 Å². The lowest BCUT2D eigenvalue weighted by atomic mass is 10.2. The van der Waals surface area contributed by atoms with Crippen molar-refractivity contribution in [2.45, 2.75) is 5.37 Å². The lowest BCUT2D eigenvalue weighted by Gasteiger charge is -2.20. The zero-order valence-corrected chi connectivity index (χ0v) is 9.69. The van der Waals surface area contributed by atoms with Gasteiger partial charge in [0.15, 0.2) is 11.6 Å². The summed E-state index contributed by atoms with van der Waals surface area (Å²) in [6, 6.07) is 2.13. The highest BCUT2D eigenvalue weighted by molar-refractivity contribution is 7.80. The van der Waals surface area contributed by atoms with Crippen LogP contribution in [0.25, 0.3) is 0 Å². The maximum Gasteiger partial charge on any atom is 0.165 e. The molecule has 84 valence electrons. The quantitative estimate of drug-likeness (QED) is 0.636. The van der Waals surface area contributed by atoms with Crippen LogP contribution in [-0.2, 0) is 0 Å². The Kier molecular flexibility index (Phi) is 3.93. The molecule has 0 bridgehead atoms. The van der Waals surface area contributed by atoms with Gasteiger partial charge in [-0.15, -0.1) is 0 Å². The number of ether oxygens (including phenoxy) is 1. The highest BCUT2D eigenvalue weighted by atomic mass is 32.1. The highest BCUT2D eigenvalue weighted by Crippen LogP contribution is 2.29. The van der Waals surface area contributed by atoms with Gasteiger partial charge in [0.05, 0.1) is 12.5 Å². The summed E-state index contributed by atoms with van der Waals surface area (Å²) in [7, 11) is 4.76. The van der Waals surface area contributed by atoms with Crippen LogP contribution in [-0.4, -0.2) is 26.1 Å². The minimum absolute atomic E-state index is 0.101. The molecule has 15 heavy (non-hydrogen) atoms. The molecule has 0 N–H and O–H groups in total. The molecule has 0 spiro atoms. The molecule has 0 fully saturated rings. The van der Waals surface area contributed by atoms with E-state index >= 15 is 0 Å². The van der Waals surface area contributed by atoms with Crippen LogP contribution >= 0.6 is 12.6 Å². The van der Waals surface area contributed by atoms with E-state index in [9.17, 15) is 8.78 Å². The summed E-state index contributed by atoms with van der Waals surface area (Å²) in [5.74, 6) is -1.22. The molecule has 1 aromatic carbocycles. The third kappa shape index (κ3) is 2.60. The van der Waals surface area contributed by atoms with Crippen LogP contribution in [0.5, 0.6) is 5.75 Å². The Morgan fingerprint density at radius 2 is 1.87 bits per heavy atom. The molecular weight excluding hydrogens is 220 g/mol. The second kappa shape index (κ2) is 4.81. The fourth-order valence-electron chi connectivity index (χ4n) is 1.18. The smallest absolute Gasteiger partial charge is 0.165 e. The lowest BCUT2D eigenvalue weighted by Crippen LogP contribution is -2.16. The molecule has 1 unspecified atom stereocenters. The Labute approximate surface area is 93.3 Å². The Balaban J connectivity index is 3.15. The van der Waals surface area contributed by atoms with Crippen LogP contribution in [0.15, 0.2) is 12.1 Å². The molecule has 1 aromatic rings. The van der Waals surface area contributed by atoms with E-state index in [-0.39, 0.29) is 11.3 Å². The van der Waals surface area contributed by atoms with Crippen LogP contribution in [0.2, 0.25) is 0 Å². The van der Waals surface area contributed by atoms with Crippen molar-refractivity contribution in [1.82, 2.24) is 4.90 Å². The van der Waals surface area contributed by atoms with Crippen molar-refractivity contribution in [2.75, 3.05) is 21.2 Å². The minimum atomic E-state index is -0.588. The molecule has 5 heteroatoms. The highest BCUT2D eigenvalue weighted by Gasteiger charge is 2.17. The first-order valence-electron chi connectivity index (χ1n) is 4.34. The Morgan fingerprint density at radius 1 is 1.27 bits per heavy atom.